The Balaban J connectivity index is 2.10. The largest absolute Gasteiger partial charge is 0.491 e. The van der Waals surface area contributed by atoms with Gasteiger partial charge in [0.15, 0.2) is 5.75 Å². The van der Waals surface area contributed by atoms with Crippen molar-refractivity contribution in [2.75, 3.05) is 0 Å². The predicted octanol–water partition coefficient (Wildman–Crippen LogP) is 3.72. The molecule has 0 fully saturated rings. The first-order chi connectivity index (χ1) is 13.3. The number of benzene rings is 2. The standard InChI is InChI=1S/C21H18O7/c1-12(2)25-15-9-10-16-17(11-15)27-21(24)19(18(16)26-13(3)22)28-20(23)14-7-5-4-6-8-14/h4-12H,1-3H3. The second-order valence-electron chi connectivity index (χ2n) is 6.22. The highest BCUT2D eigenvalue weighted by molar-refractivity contribution is 5.94. The molecular weight excluding hydrogens is 364 g/mol. The minimum atomic E-state index is -0.949. The Morgan fingerprint density at radius 3 is 2.32 bits per heavy atom. The van der Waals surface area contributed by atoms with E-state index in [-0.39, 0.29) is 23.0 Å². The molecule has 0 spiro atoms. The van der Waals surface area contributed by atoms with Gasteiger partial charge in [0.2, 0.25) is 0 Å². The third-order valence-electron chi connectivity index (χ3n) is 3.61. The molecule has 1 heterocycles. The Morgan fingerprint density at radius 1 is 0.964 bits per heavy atom. The topological polar surface area (TPSA) is 92.0 Å². The number of ether oxygens (including phenoxy) is 3. The van der Waals surface area contributed by atoms with Crippen LogP contribution in [0.1, 0.15) is 31.1 Å². The van der Waals surface area contributed by atoms with E-state index in [1.54, 1.807) is 30.3 Å². The number of carbonyl (C=O) groups is 2. The Hall–Kier alpha value is -3.61. The normalized spacial score (nSPS) is 10.7. The molecule has 3 aromatic rings. The Morgan fingerprint density at radius 2 is 1.68 bits per heavy atom. The van der Waals surface area contributed by atoms with E-state index in [0.29, 0.717) is 11.1 Å². The van der Waals surface area contributed by atoms with E-state index in [9.17, 15) is 14.4 Å². The van der Waals surface area contributed by atoms with Crippen molar-refractivity contribution in [1.29, 1.82) is 0 Å². The van der Waals surface area contributed by atoms with Crippen molar-refractivity contribution in [2.45, 2.75) is 26.9 Å². The zero-order chi connectivity index (χ0) is 20.3. The van der Waals surface area contributed by atoms with Gasteiger partial charge in [0.25, 0.3) is 5.75 Å². The van der Waals surface area contributed by atoms with Crippen LogP contribution in [0.4, 0.5) is 0 Å². The van der Waals surface area contributed by atoms with Crippen LogP contribution in [0.15, 0.2) is 57.7 Å². The highest BCUT2D eigenvalue weighted by Gasteiger charge is 2.23. The summed E-state index contributed by atoms with van der Waals surface area (Å²) in [6.07, 6.45) is -0.0804. The number of esters is 2. The lowest BCUT2D eigenvalue weighted by Crippen LogP contribution is -2.17. The van der Waals surface area contributed by atoms with Crippen LogP contribution in [0.3, 0.4) is 0 Å². The summed E-state index contributed by atoms with van der Waals surface area (Å²) in [4.78, 5) is 36.4. The fourth-order valence-corrected chi connectivity index (χ4v) is 2.54. The van der Waals surface area contributed by atoms with Gasteiger partial charge in [-0.2, -0.15) is 0 Å². The van der Waals surface area contributed by atoms with E-state index in [1.807, 2.05) is 13.8 Å². The SMILES string of the molecule is CC(=O)Oc1c(OC(=O)c2ccccc2)c(=O)oc2cc(OC(C)C)ccc12. The Labute approximate surface area is 160 Å². The van der Waals surface area contributed by atoms with Crippen LogP contribution < -0.4 is 19.8 Å². The molecule has 0 atom stereocenters. The van der Waals surface area contributed by atoms with Gasteiger partial charge in [-0.1, -0.05) is 18.2 Å². The van der Waals surface area contributed by atoms with Crippen LogP contribution in [0.5, 0.6) is 17.2 Å². The van der Waals surface area contributed by atoms with Crippen molar-refractivity contribution in [3.8, 4) is 17.2 Å². The maximum atomic E-state index is 12.5. The van der Waals surface area contributed by atoms with Gasteiger partial charge in [-0.3, -0.25) is 4.79 Å². The second kappa shape index (κ2) is 7.96. The van der Waals surface area contributed by atoms with Crippen LogP contribution >= 0.6 is 0 Å². The van der Waals surface area contributed by atoms with Gasteiger partial charge in [-0.05, 0) is 38.1 Å². The van der Waals surface area contributed by atoms with E-state index in [4.69, 9.17) is 18.6 Å². The van der Waals surface area contributed by atoms with Gasteiger partial charge in [-0.25, -0.2) is 9.59 Å². The van der Waals surface area contributed by atoms with Crippen molar-refractivity contribution < 1.29 is 28.2 Å². The number of hydrogen-bond donors (Lipinski definition) is 0. The molecular formula is C21H18O7. The highest BCUT2D eigenvalue weighted by Crippen LogP contribution is 2.35. The van der Waals surface area contributed by atoms with Crippen molar-refractivity contribution in [2.24, 2.45) is 0 Å². The fourth-order valence-electron chi connectivity index (χ4n) is 2.54. The fraction of sp³-hybridized carbons (Fsp3) is 0.190. The lowest BCUT2D eigenvalue weighted by Gasteiger charge is -2.13. The van der Waals surface area contributed by atoms with E-state index in [2.05, 4.69) is 0 Å². The van der Waals surface area contributed by atoms with E-state index in [1.165, 1.54) is 25.1 Å². The highest BCUT2D eigenvalue weighted by atomic mass is 16.6. The van der Waals surface area contributed by atoms with E-state index in [0.717, 1.165) is 0 Å². The third-order valence-corrected chi connectivity index (χ3v) is 3.61. The molecule has 0 bridgehead atoms. The first kappa shape index (κ1) is 19.2. The van der Waals surface area contributed by atoms with Crippen molar-refractivity contribution >= 4 is 22.9 Å². The minimum Gasteiger partial charge on any atom is -0.491 e. The van der Waals surface area contributed by atoms with Gasteiger partial charge in [0.05, 0.1) is 17.1 Å². The molecule has 0 radical (unpaired) electrons. The monoisotopic (exact) mass is 382 g/mol. The molecule has 2 aromatic carbocycles. The number of hydrogen-bond acceptors (Lipinski definition) is 7. The predicted molar refractivity (Wildman–Crippen MR) is 101 cm³/mol. The number of rotatable bonds is 5. The summed E-state index contributed by atoms with van der Waals surface area (Å²) in [6, 6.07) is 12.8. The molecule has 7 heteroatoms. The molecule has 0 amide bonds. The van der Waals surface area contributed by atoms with Crippen LogP contribution in [0.2, 0.25) is 0 Å². The zero-order valence-electron chi connectivity index (χ0n) is 15.6. The molecule has 0 saturated carbocycles. The van der Waals surface area contributed by atoms with Crippen molar-refractivity contribution in [3.63, 3.8) is 0 Å². The molecule has 1 aromatic heterocycles. The Bertz CT molecular complexity index is 1080. The van der Waals surface area contributed by atoms with Gasteiger partial charge < -0.3 is 18.6 Å². The lowest BCUT2D eigenvalue weighted by molar-refractivity contribution is -0.131. The number of carbonyl (C=O) groups excluding carboxylic acids is 2. The molecule has 7 nitrogen and oxygen atoms in total. The summed E-state index contributed by atoms with van der Waals surface area (Å²) in [5, 5.41) is 0.293. The summed E-state index contributed by atoms with van der Waals surface area (Å²) in [6.45, 7) is 4.90. The van der Waals surface area contributed by atoms with Crippen LogP contribution in [0.25, 0.3) is 11.0 Å². The number of fused-ring (bicyclic) bond motifs is 1. The van der Waals surface area contributed by atoms with Gasteiger partial charge >= 0.3 is 17.6 Å². The summed E-state index contributed by atoms with van der Waals surface area (Å²) in [5.74, 6) is -1.64. The average Bonchev–Trinajstić information content (AvgIpc) is 2.64. The first-order valence-electron chi connectivity index (χ1n) is 8.58. The van der Waals surface area contributed by atoms with Crippen LogP contribution in [0, 0.1) is 0 Å². The minimum absolute atomic E-state index is 0.0804. The van der Waals surface area contributed by atoms with Crippen molar-refractivity contribution in [1.82, 2.24) is 0 Å². The maximum absolute atomic E-state index is 12.5. The quantitative estimate of drug-likeness (QED) is 0.490. The first-order valence-corrected chi connectivity index (χ1v) is 8.58. The smallest absolute Gasteiger partial charge is 0.383 e. The molecule has 0 aliphatic heterocycles. The lowest BCUT2D eigenvalue weighted by atomic mass is 10.2. The van der Waals surface area contributed by atoms with Crippen molar-refractivity contribution in [3.05, 3.63) is 64.5 Å². The second-order valence-corrected chi connectivity index (χ2v) is 6.22. The summed E-state index contributed by atoms with van der Waals surface area (Å²) in [5.41, 5.74) is -0.579. The van der Waals surface area contributed by atoms with E-state index < -0.39 is 23.3 Å². The molecule has 144 valence electrons. The summed E-state index contributed by atoms with van der Waals surface area (Å²) < 4.78 is 21.2. The molecule has 28 heavy (non-hydrogen) atoms. The molecule has 0 aliphatic carbocycles. The third kappa shape index (κ3) is 4.20. The molecule has 0 N–H and O–H groups in total. The van der Waals surface area contributed by atoms with Gasteiger partial charge in [-0.15, -0.1) is 0 Å². The summed E-state index contributed by atoms with van der Waals surface area (Å²) in [7, 11) is 0. The van der Waals surface area contributed by atoms with Crippen LogP contribution in [-0.2, 0) is 4.79 Å². The van der Waals surface area contributed by atoms with Gasteiger partial charge in [0, 0.05) is 13.0 Å². The summed E-state index contributed by atoms with van der Waals surface area (Å²) >= 11 is 0. The molecule has 0 aliphatic rings. The Kier molecular flexibility index (Phi) is 5.44. The van der Waals surface area contributed by atoms with E-state index >= 15 is 0 Å². The maximum Gasteiger partial charge on any atom is 0.383 e. The average molecular weight is 382 g/mol. The molecule has 0 unspecified atom stereocenters. The van der Waals surface area contributed by atoms with Gasteiger partial charge in [0.1, 0.15) is 11.3 Å². The molecule has 3 rings (SSSR count). The molecule has 0 saturated heterocycles. The van der Waals surface area contributed by atoms with Crippen LogP contribution in [-0.4, -0.2) is 18.0 Å². The zero-order valence-corrected chi connectivity index (χ0v) is 15.6.